The van der Waals surface area contributed by atoms with Gasteiger partial charge in [-0.1, -0.05) is 48.5 Å². The van der Waals surface area contributed by atoms with E-state index in [2.05, 4.69) is 4.72 Å². The van der Waals surface area contributed by atoms with Gasteiger partial charge in [-0.25, -0.2) is 13.1 Å². The van der Waals surface area contributed by atoms with Crippen LogP contribution in [0.1, 0.15) is 18.0 Å². The minimum Gasteiger partial charge on any atom is -0.481 e. The zero-order valence-corrected chi connectivity index (χ0v) is 12.0. The monoisotopic (exact) mass is 305 g/mol. The number of carbonyl (C=O) groups is 1. The summed E-state index contributed by atoms with van der Waals surface area (Å²) in [4.78, 5) is 11.1. The number of aliphatic carboxylic acids is 1. The summed E-state index contributed by atoms with van der Waals surface area (Å²) in [5, 5.41) is 8.98. The molecule has 0 radical (unpaired) electrons. The zero-order valence-electron chi connectivity index (χ0n) is 11.1. The van der Waals surface area contributed by atoms with Crippen LogP contribution in [0, 0.1) is 0 Å². The fourth-order valence-electron chi connectivity index (χ4n) is 1.94. The number of carboxylic acids is 1. The minimum atomic E-state index is -3.77. The molecule has 0 aliphatic heterocycles. The van der Waals surface area contributed by atoms with Crippen molar-refractivity contribution in [2.45, 2.75) is 17.4 Å². The van der Waals surface area contributed by atoms with Crippen LogP contribution in [0.4, 0.5) is 0 Å². The van der Waals surface area contributed by atoms with Gasteiger partial charge < -0.3 is 5.11 Å². The Labute approximate surface area is 123 Å². The lowest BCUT2D eigenvalue weighted by molar-refractivity contribution is -0.137. The maximum Gasteiger partial charge on any atom is 0.305 e. The highest BCUT2D eigenvalue weighted by atomic mass is 32.2. The van der Waals surface area contributed by atoms with Crippen LogP contribution in [-0.2, 0) is 14.8 Å². The minimum absolute atomic E-state index is 0.108. The van der Waals surface area contributed by atoms with Crippen LogP contribution in [0.5, 0.6) is 0 Å². The molecule has 0 heterocycles. The zero-order chi connectivity index (χ0) is 15.3. The Kier molecular flexibility index (Phi) is 4.72. The Morgan fingerprint density at radius 2 is 1.52 bits per heavy atom. The first-order valence-electron chi connectivity index (χ1n) is 6.33. The summed E-state index contributed by atoms with van der Waals surface area (Å²) in [7, 11) is -3.77. The van der Waals surface area contributed by atoms with Gasteiger partial charge in [0, 0.05) is 0 Å². The van der Waals surface area contributed by atoms with E-state index >= 15 is 0 Å². The summed E-state index contributed by atoms with van der Waals surface area (Å²) < 4.78 is 27.0. The predicted molar refractivity (Wildman–Crippen MR) is 78.2 cm³/mol. The Balaban J connectivity index is 2.29. The summed E-state index contributed by atoms with van der Waals surface area (Å²) in [5.74, 6) is -1.07. The second kappa shape index (κ2) is 6.51. The average Bonchev–Trinajstić information content (AvgIpc) is 2.48. The topological polar surface area (TPSA) is 83.5 Å². The maximum absolute atomic E-state index is 12.3. The number of sulfonamides is 1. The van der Waals surface area contributed by atoms with Crippen molar-refractivity contribution in [1.82, 2.24) is 4.72 Å². The van der Waals surface area contributed by atoms with E-state index in [1.54, 1.807) is 48.5 Å². The van der Waals surface area contributed by atoms with E-state index in [1.165, 1.54) is 12.1 Å². The van der Waals surface area contributed by atoms with Gasteiger partial charge in [0.1, 0.15) is 0 Å². The molecule has 5 nitrogen and oxygen atoms in total. The molecule has 0 unspecified atom stereocenters. The molecule has 1 atom stereocenters. The van der Waals surface area contributed by atoms with E-state index in [9.17, 15) is 13.2 Å². The van der Waals surface area contributed by atoms with Crippen molar-refractivity contribution in [3.8, 4) is 0 Å². The van der Waals surface area contributed by atoms with E-state index in [4.69, 9.17) is 5.11 Å². The Morgan fingerprint density at radius 1 is 1.00 bits per heavy atom. The first kappa shape index (κ1) is 15.2. The normalized spacial score (nSPS) is 12.8. The lowest BCUT2D eigenvalue weighted by Crippen LogP contribution is -2.30. The number of nitrogens with one attached hydrogen (secondary N) is 1. The van der Waals surface area contributed by atoms with Crippen molar-refractivity contribution >= 4 is 16.0 Å². The molecule has 2 N–H and O–H groups in total. The molecule has 0 aliphatic carbocycles. The molecule has 2 aromatic rings. The van der Waals surface area contributed by atoms with E-state index in [-0.39, 0.29) is 11.3 Å². The molecule has 0 saturated heterocycles. The Bertz CT molecular complexity index is 699. The summed E-state index contributed by atoms with van der Waals surface area (Å²) in [6, 6.07) is 15.7. The molecule has 2 aromatic carbocycles. The molecule has 6 heteroatoms. The highest BCUT2D eigenvalue weighted by Gasteiger charge is 2.23. The molecule has 2 rings (SSSR count). The molecule has 0 spiro atoms. The molecule has 0 aromatic heterocycles. The van der Waals surface area contributed by atoms with Gasteiger partial charge in [-0.05, 0) is 17.7 Å². The van der Waals surface area contributed by atoms with Gasteiger partial charge in [-0.2, -0.15) is 0 Å². The average molecular weight is 305 g/mol. The molecule has 110 valence electrons. The lowest BCUT2D eigenvalue weighted by atomic mass is 10.1. The van der Waals surface area contributed by atoms with Crippen LogP contribution < -0.4 is 4.72 Å². The standard InChI is InChI=1S/C15H15NO4S/c17-15(18)11-14(12-7-3-1-4-8-12)16-21(19,20)13-9-5-2-6-10-13/h1-10,14,16H,11H2,(H,17,18)/t14-/m0/s1. The maximum atomic E-state index is 12.3. The first-order chi connectivity index (χ1) is 9.99. The van der Waals surface area contributed by atoms with Crippen LogP contribution in [-0.4, -0.2) is 19.5 Å². The molecular formula is C15H15NO4S. The van der Waals surface area contributed by atoms with E-state index in [0.717, 1.165) is 0 Å². The number of benzene rings is 2. The third kappa shape index (κ3) is 4.14. The second-order valence-corrected chi connectivity index (χ2v) is 6.21. The fraction of sp³-hybridized carbons (Fsp3) is 0.133. The van der Waals surface area contributed by atoms with Crippen LogP contribution in [0.25, 0.3) is 0 Å². The predicted octanol–water partition coefficient (Wildman–Crippen LogP) is 2.18. The molecule has 0 amide bonds. The first-order valence-corrected chi connectivity index (χ1v) is 7.81. The van der Waals surface area contributed by atoms with Crippen LogP contribution >= 0.6 is 0 Å². The summed E-state index contributed by atoms with van der Waals surface area (Å²) >= 11 is 0. The highest BCUT2D eigenvalue weighted by molar-refractivity contribution is 7.89. The van der Waals surface area contributed by atoms with Gasteiger partial charge in [-0.15, -0.1) is 0 Å². The molecule has 0 fully saturated rings. The summed E-state index contributed by atoms with van der Waals surface area (Å²) in [6.45, 7) is 0. The van der Waals surface area contributed by atoms with E-state index in [1.807, 2.05) is 0 Å². The Morgan fingerprint density at radius 3 is 2.05 bits per heavy atom. The van der Waals surface area contributed by atoms with Gasteiger partial charge in [0.25, 0.3) is 0 Å². The number of carboxylic acid groups (broad SMARTS) is 1. The SMILES string of the molecule is O=C(O)C[C@H](NS(=O)(=O)c1ccccc1)c1ccccc1. The molecular weight excluding hydrogens is 290 g/mol. The smallest absolute Gasteiger partial charge is 0.305 e. The van der Waals surface area contributed by atoms with Crippen molar-refractivity contribution < 1.29 is 18.3 Å². The third-order valence-electron chi connectivity index (χ3n) is 2.93. The largest absolute Gasteiger partial charge is 0.481 e. The molecule has 0 saturated carbocycles. The second-order valence-electron chi connectivity index (χ2n) is 4.50. The number of rotatable bonds is 6. The van der Waals surface area contributed by atoms with Gasteiger partial charge in [-0.3, -0.25) is 4.79 Å². The number of hydrogen-bond donors (Lipinski definition) is 2. The highest BCUT2D eigenvalue weighted by Crippen LogP contribution is 2.20. The third-order valence-corrected chi connectivity index (χ3v) is 4.42. The van der Waals surface area contributed by atoms with Gasteiger partial charge in [0.05, 0.1) is 17.4 Å². The van der Waals surface area contributed by atoms with Crippen molar-refractivity contribution in [1.29, 1.82) is 0 Å². The molecule has 21 heavy (non-hydrogen) atoms. The van der Waals surface area contributed by atoms with Crippen LogP contribution in [0.3, 0.4) is 0 Å². The fourth-order valence-corrected chi connectivity index (χ4v) is 3.19. The van der Waals surface area contributed by atoms with Crippen LogP contribution in [0.2, 0.25) is 0 Å². The summed E-state index contributed by atoms with van der Waals surface area (Å²) in [5.41, 5.74) is 0.611. The molecule has 0 bridgehead atoms. The van der Waals surface area contributed by atoms with Gasteiger partial charge in [0.15, 0.2) is 0 Å². The number of hydrogen-bond acceptors (Lipinski definition) is 3. The van der Waals surface area contributed by atoms with E-state index in [0.29, 0.717) is 5.56 Å². The van der Waals surface area contributed by atoms with Gasteiger partial charge >= 0.3 is 5.97 Å². The molecule has 0 aliphatic rings. The van der Waals surface area contributed by atoms with Crippen molar-refractivity contribution in [2.24, 2.45) is 0 Å². The van der Waals surface area contributed by atoms with E-state index < -0.39 is 22.0 Å². The Hall–Kier alpha value is -2.18. The lowest BCUT2D eigenvalue weighted by Gasteiger charge is -2.17. The van der Waals surface area contributed by atoms with Gasteiger partial charge in [0.2, 0.25) is 10.0 Å². The summed E-state index contributed by atoms with van der Waals surface area (Å²) in [6.07, 6.45) is -0.323. The quantitative estimate of drug-likeness (QED) is 0.857. The van der Waals surface area contributed by atoms with Crippen molar-refractivity contribution in [3.05, 3.63) is 66.2 Å². The van der Waals surface area contributed by atoms with Crippen LogP contribution in [0.15, 0.2) is 65.6 Å². The van der Waals surface area contributed by atoms with Crippen molar-refractivity contribution in [2.75, 3.05) is 0 Å². The van der Waals surface area contributed by atoms with Crippen molar-refractivity contribution in [3.63, 3.8) is 0 Å².